The maximum absolute atomic E-state index is 5.47. The van der Waals surface area contributed by atoms with Crippen LogP contribution in [0.2, 0.25) is 0 Å². The van der Waals surface area contributed by atoms with Gasteiger partial charge in [-0.15, -0.1) is 5.92 Å². The van der Waals surface area contributed by atoms with Crippen molar-refractivity contribution >= 4 is 0 Å². The molecule has 0 unspecified atom stereocenters. The summed E-state index contributed by atoms with van der Waals surface area (Å²) in [6, 6.07) is 0. The quantitative estimate of drug-likeness (QED) is 0.608. The highest BCUT2D eigenvalue weighted by molar-refractivity contribution is 4.95. The van der Waals surface area contributed by atoms with Gasteiger partial charge in [0.25, 0.3) is 0 Å². The summed E-state index contributed by atoms with van der Waals surface area (Å²) in [7, 11) is 0. The second-order valence-electron chi connectivity index (χ2n) is 2.93. The fourth-order valence-electron chi connectivity index (χ4n) is 1.23. The van der Waals surface area contributed by atoms with E-state index in [1.165, 1.54) is 0 Å². The van der Waals surface area contributed by atoms with E-state index in [2.05, 4.69) is 11.8 Å². The van der Waals surface area contributed by atoms with Gasteiger partial charge in [-0.05, 0) is 32.2 Å². The van der Waals surface area contributed by atoms with Crippen LogP contribution in [0.25, 0.3) is 0 Å². The molecule has 1 aliphatic rings. The van der Waals surface area contributed by atoms with Crippen LogP contribution in [0.4, 0.5) is 0 Å². The smallest absolute Gasteiger partial charge is 0.108 e. The van der Waals surface area contributed by atoms with E-state index in [0.29, 0.717) is 18.6 Å². The van der Waals surface area contributed by atoms with E-state index < -0.39 is 0 Å². The maximum atomic E-state index is 5.47. The molecule has 11 heavy (non-hydrogen) atoms. The lowest BCUT2D eigenvalue weighted by atomic mass is 9.82. The summed E-state index contributed by atoms with van der Waals surface area (Å²) in [6.45, 7) is 3.21. The minimum absolute atomic E-state index is 0.435. The highest BCUT2D eigenvalue weighted by atomic mass is 16.5. The zero-order chi connectivity index (χ0) is 8.10. The number of rotatable bonds is 3. The molecule has 0 aromatic heterocycles. The van der Waals surface area contributed by atoms with E-state index in [1.807, 2.05) is 6.92 Å². The molecule has 0 aromatic carbocycles. The summed E-state index contributed by atoms with van der Waals surface area (Å²) < 4.78 is 5.42. The lowest BCUT2D eigenvalue weighted by Crippen LogP contribution is -2.35. The third kappa shape index (κ3) is 2.53. The molecule has 0 heterocycles. The van der Waals surface area contributed by atoms with Crippen LogP contribution < -0.4 is 5.73 Å². The zero-order valence-corrected chi connectivity index (χ0v) is 6.97. The van der Waals surface area contributed by atoms with Gasteiger partial charge in [-0.1, -0.05) is 5.92 Å². The first-order valence-electron chi connectivity index (χ1n) is 4.08. The predicted molar refractivity (Wildman–Crippen MR) is 45.0 cm³/mol. The molecule has 1 rings (SSSR count). The van der Waals surface area contributed by atoms with Gasteiger partial charge in [-0.3, -0.25) is 0 Å². The molecule has 2 heteroatoms. The first-order valence-corrected chi connectivity index (χ1v) is 4.08. The van der Waals surface area contributed by atoms with Crippen molar-refractivity contribution in [2.75, 3.05) is 13.2 Å². The third-order valence-corrected chi connectivity index (χ3v) is 2.09. The standard InChI is InChI=1S/C9H15NO/c1-2-3-4-11-9-5-8(6-9)7-10/h8-9H,4-7,10H2,1H3. The van der Waals surface area contributed by atoms with Crippen LogP contribution in [-0.4, -0.2) is 19.3 Å². The minimum atomic E-state index is 0.435. The summed E-state index contributed by atoms with van der Waals surface area (Å²) in [4.78, 5) is 0. The predicted octanol–water partition coefficient (Wildman–Crippen LogP) is 0.764. The van der Waals surface area contributed by atoms with Gasteiger partial charge in [0.05, 0.1) is 6.10 Å². The highest BCUT2D eigenvalue weighted by Gasteiger charge is 2.27. The van der Waals surface area contributed by atoms with Crippen molar-refractivity contribution in [1.29, 1.82) is 0 Å². The molecule has 2 N–H and O–H groups in total. The molecule has 1 aliphatic carbocycles. The lowest BCUT2D eigenvalue weighted by Gasteiger charge is -2.33. The van der Waals surface area contributed by atoms with Crippen molar-refractivity contribution in [1.82, 2.24) is 0 Å². The Morgan fingerprint density at radius 2 is 2.27 bits per heavy atom. The van der Waals surface area contributed by atoms with Crippen molar-refractivity contribution < 1.29 is 4.74 Å². The molecule has 0 atom stereocenters. The molecule has 0 bridgehead atoms. The van der Waals surface area contributed by atoms with Gasteiger partial charge in [0.15, 0.2) is 0 Å². The lowest BCUT2D eigenvalue weighted by molar-refractivity contribution is -0.0119. The summed E-state index contributed by atoms with van der Waals surface area (Å²) in [5, 5.41) is 0. The second-order valence-corrected chi connectivity index (χ2v) is 2.93. The summed E-state index contributed by atoms with van der Waals surface area (Å²) in [5.41, 5.74) is 5.47. The van der Waals surface area contributed by atoms with E-state index in [9.17, 15) is 0 Å². The molecule has 1 saturated carbocycles. The Hall–Kier alpha value is -0.520. The van der Waals surface area contributed by atoms with Crippen molar-refractivity contribution in [3.63, 3.8) is 0 Å². The van der Waals surface area contributed by atoms with Crippen LogP contribution in [0.1, 0.15) is 19.8 Å². The third-order valence-electron chi connectivity index (χ3n) is 2.09. The van der Waals surface area contributed by atoms with E-state index >= 15 is 0 Å². The Morgan fingerprint density at radius 3 is 2.82 bits per heavy atom. The Morgan fingerprint density at radius 1 is 1.55 bits per heavy atom. The van der Waals surface area contributed by atoms with Gasteiger partial charge in [0, 0.05) is 0 Å². The Balaban J connectivity index is 1.98. The van der Waals surface area contributed by atoms with Crippen LogP contribution in [0.5, 0.6) is 0 Å². The molecular formula is C9H15NO. The summed E-state index contributed by atoms with van der Waals surface area (Å²) in [6.07, 6.45) is 2.69. The average Bonchev–Trinajstić information content (AvgIpc) is 1.94. The Labute approximate surface area is 68.1 Å². The monoisotopic (exact) mass is 153 g/mol. The molecule has 0 aromatic rings. The second kappa shape index (κ2) is 4.38. The summed E-state index contributed by atoms with van der Waals surface area (Å²) in [5.74, 6) is 6.38. The first kappa shape index (κ1) is 8.58. The molecule has 0 saturated heterocycles. The van der Waals surface area contributed by atoms with E-state index in [1.54, 1.807) is 0 Å². The first-order chi connectivity index (χ1) is 5.36. The van der Waals surface area contributed by atoms with Gasteiger partial charge < -0.3 is 10.5 Å². The van der Waals surface area contributed by atoms with Gasteiger partial charge >= 0.3 is 0 Å². The van der Waals surface area contributed by atoms with Gasteiger partial charge in [0.1, 0.15) is 6.61 Å². The Kier molecular flexibility index (Phi) is 3.41. The van der Waals surface area contributed by atoms with Crippen LogP contribution in [-0.2, 0) is 4.74 Å². The van der Waals surface area contributed by atoms with Crippen LogP contribution >= 0.6 is 0 Å². The molecule has 62 valence electrons. The zero-order valence-electron chi connectivity index (χ0n) is 6.97. The molecule has 1 fully saturated rings. The maximum Gasteiger partial charge on any atom is 0.108 e. The fourth-order valence-corrected chi connectivity index (χ4v) is 1.23. The van der Waals surface area contributed by atoms with Crippen LogP contribution in [0.3, 0.4) is 0 Å². The van der Waals surface area contributed by atoms with Crippen LogP contribution in [0.15, 0.2) is 0 Å². The molecular weight excluding hydrogens is 138 g/mol. The topological polar surface area (TPSA) is 35.2 Å². The number of nitrogens with two attached hydrogens (primary N) is 1. The molecule has 0 radical (unpaired) electrons. The van der Waals surface area contributed by atoms with E-state index in [4.69, 9.17) is 10.5 Å². The normalized spacial score (nSPS) is 28.5. The van der Waals surface area contributed by atoms with Crippen molar-refractivity contribution in [2.45, 2.75) is 25.9 Å². The summed E-state index contributed by atoms with van der Waals surface area (Å²) >= 11 is 0. The molecule has 0 amide bonds. The largest absolute Gasteiger partial charge is 0.366 e. The molecule has 0 spiro atoms. The molecule has 0 aliphatic heterocycles. The number of hydrogen-bond donors (Lipinski definition) is 1. The Bertz CT molecular complexity index is 162. The van der Waals surface area contributed by atoms with Crippen molar-refractivity contribution in [3.8, 4) is 11.8 Å². The fraction of sp³-hybridized carbons (Fsp3) is 0.778. The van der Waals surface area contributed by atoms with E-state index in [0.717, 1.165) is 19.4 Å². The average molecular weight is 153 g/mol. The van der Waals surface area contributed by atoms with Gasteiger partial charge in [-0.25, -0.2) is 0 Å². The number of hydrogen-bond acceptors (Lipinski definition) is 2. The number of ether oxygens (including phenoxy) is 1. The van der Waals surface area contributed by atoms with Gasteiger partial charge in [0.2, 0.25) is 0 Å². The van der Waals surface area contributed by atoms with E-state index in [-0.39, 0.29) is 0 Å². The highest BCUT2D eigenvalue weighted by Crippen LogP contribution is 2.28. The van der Waals surface area contributed by atoms with Crippen molar-refractivity contribution in [3.05, 3.63) is 0 Å². The SMILES string of the molecule is CC#CCOC1CC(CN)C1. The van der Waals surface area contributed by atoms with Gasteiger partial charge in [-0.2, -0.15) is 0 Å². The van der Waals surface area contributed by atoms with Crippen LogP contribution in [0, 0.1) is 17.8 Å². The van der Waals surface area contributed by atoms with Crippen molar-refractivity contribution in [2.24, 2.45) is 11.7 Å². The molecule has 2 nitrogen and oxygen atoms in total. The minimum Gasteiger partial charge on any atom is -0.366 e.